The highest BCUT2D eigenvalue weighted by molar-refractivity contribution is 8.00. The van der Waals surface area contributed by atoms with Gasteiger partial charge in [0.2, 0.25) is 0 Å². The second kappa shape index (κ2) is 11.2. The molecule has 4 rings (SSSR count). The standard InChI is InChI=1S/C21H24N4S2.C2H6/c1-15-20-17-11-6-5-10-16(17)9-4-2-3-7-14-22-18-12-8-13-19(23-18)27-25-21(24-20)26-15;1-2/h5-6,8,10-13H,2-4,7,9,14H2,1H3,(H,22,23)(H,24,25);1-2H3. The summed E-state index contributed by atoms with van der Waals surface area (Å²) in [5.41, 5.74) is 3.78. The summed E-state index contributed by atoms with van der Waals surface area (Å²) in [6, 6.07) is 14.8. The van der Waals surface area contributed by atoms with E-state index < -0.39 is 0 Å². The van der Waals surface area contributed by atoms with Gasteiger partial charge in [0.05, 0.1) is 5.69 Å². The predicted molar refractivity (Wildman–Crippen MR) is 128 cm³/mol. The van der Waals surface area contributed by atoms with Crippen LogP contribution in [-0.4, -0.2) is 16.5 Å². The number of hydrogen-bond acceptors (Lipinski definition) is 6. The van der Waals surface area contributed by atoms with Crippen LogP contribution in [0.15, 0.2) is 47.5 Å². The van der Waals surface area contributed by atoms with Gasteiger partial charge in [-0.05, 0) is 43.9 Å². The number of benzene rings is 1. The topological polar surface area (TPSA) is 49.8 Å². The molecule has 154 valence electrons. The van der Waals surface area contributed by atoms with E-state index in [0.717, 1.165) is 34.6 Å². The molecule has 2 aromatic heterocycles. The molecular formula is C23H30N4S2. The first-order chi connectivity index (χ1) is 14.3. The fourth-order valence-electron chi connectivity index (χ4n) is 3.34. The Labute approximate surface area is 182 Å². The van der Waals surface area contributed by atoms with Gasteiger partial charge in [-0.15, -0.1) is 11.3 Å². The van der Waals surface area contributed by atoms with Gasteiger partial charge < -0.3 is 10.0 Å². The van der Waals surface area contributed by atoms with Crippen molar-refractivity contribution in [2.75, 3.05) is 16.6 Å². The molecule has 0 spiro atoms. The predicted octanol–water partition coefficient (Wildman–Crippen LogP) is 7.19. The Morgan fingerprint density at radius 3 is 2.62 bits per heavy atom. The van der Waals surface area contributed by atoms with Crippen molar-refractivity contribution in [1.82, 2.24) is 9.97 Å². The number of fused-ring (bicyclic) bond motifs is 6. The quantitative estimate of drug-likeness (QED) is 0.373. The van der Waals surface area contributed by atoms with E-state index in [1.54, 1.807) is 11.3 Å². The number of pyridine rings is 1. The van der Waals surface area contributed by atoms with Crippen molar-refractivity contribution in [2.45, 2.75) is 57.9 Å². The molecule has 0 atom stereocenters. The van der Waals surface area contributed by atoms with Crippen LogP contribution in [0, 0.1) is 6.92 Å². The summed E-state index contributed by atoms with van der Waals surface area (Å²) < 4.78 is 3.37. The zero-order chi connectivity index (χ0) is 20.5. The lowest BCUT2D eigenvalue weighted by atomic mass is 9.98. The fraction of sp³-hybridized carbons (Fsp3) is 0.391. The van der Waals surface area contributed by atoms with Gasteiger partial charge in [-0.25, -0.2) is 9.97 Å². The number of aryl methyl sites for hydroxylation is 2. The van der Waals surface area contributed by atoms with Crippen molar-refractivity contribution in [3.63, 3.8) is 0 Å². The summed E-state index contributed by atoms with van der Waals surface area (Å²) in [4.78, 5) is 10.8. The van der Waals surface area contributed by atoms with Gasteiger partial charge in [-0.2, -0.15) is 0 Å². The third kappa shape index (κ3) is 5.97. The number of anilines is 2. The van der Waals surface area contributed by atoms with E-state index in [1.807, 2.05) is 32.0 Å². The first kappa shape index (κ1) is 21.7. The molecule has 29 heavy (non-hydrogen) atoms. The summed E-state index contributed by atoms with van der Waals surface area (Å²) in [6.07, 6.45) is 6.00. The maximum Gasteiger partial charge on any atom is 0.193 e. The van der Waals surface area contributed by atoms with Gasteiger partial charge in [0.25, 0.3) is 0 Å². The van der Waals surface area contributed by atoms with E-state index in [1.165, 1.54) is 53.6 Å². The maximum absolute atomic E-state index is 4.88. The highest BCUT2D eigenvalue weighted by Crippen LogP contribution is 2.34. The van der Waals surface area contributed by atoms with Crippen LogP contribution in [0.2, 0.25) is 0 Å². The van der Waals surface area contributed by atoms with Crippen LogP contribution in [0.5, 0.6) is 0 Å². The average Bonchev–Trinajstić information content (AvgIpc) is 3.13. The third-order valence-corrected chi connectivity index (χ3v) is 6.46. The van der Waals surface area contributed by atoms with Gasteiger partial charge in [-0.1, -0.05) is 57.0 Å². The Morgan fingerprint density at radius 2 is 1.72 bits per heavy atom. The Bertz CT molecular complexity index is 907. The molecule has 4 nitrogen and oxygen atoms in total. The molecule has 1 aliphatic heterocycles. The molecule has 1 aromatic carbocycles. The number of rotatable bonds is 0. The van der Waals surface area contributed by atoms with Crippen molar-refractivity contribution < 1.29 is 0 Å². The molecule has 0 radical (unpaired) electrons. The summed E-state index contributed by atoms with van der Waals surface area (Å²) in [7, 11) is 0. The molecule has 1 aliphatic rings. The number of hydrogen-bond donors (Lipinski definition) is 2. The lowest BCUT2D eigenvalue weighted by Crippen LogP contribution is -2.03. The molecule has 4 bridgehead atoms. The highest BCUT2D eigenvalue weighted by atomic mass is 32.2. The smallest absolute Gasteiger partial charge is 0.193 e. The van der Waals surface area contributed by atoms with Crippen LogP contribution in [-0.2, 0) is 6.42 Å². The monoisotopic (exact) mass is 426 g/mol. The zero-order valence-corrected chi connectivity index (χ0v) is 19.1. The molecular weight excluding hydrogens is 396 g/mol. The van der Waals surface area contributed by atoms with Crippen molar-refractivity contribution in [2.24, 2.45) is 0 Å². The SMILES string of the molecule is CC.Cc1sc2nc1-c1ccccc1CCCCCCNc1cccc(n1)SN2. The zero-order valence-electron chi connectivity index (χ0n) is 17.5. The number of aromatic nitrogens is 2. The van der Waals surface area contributed by atoms with Gasteiger partial charge in [-0.3, -0.25) is 0 Å². The lowest BCUT2D eigenvalue weighted by molar-refractivity contribution is 0.654. The minimum Gasteiger partial charge on any atom is -0.370 e. The van der Waals surface area contributed by atoms with E-state index in [0.29, 0.717) is 0 Å². The van der Waals surface area contributed by atoms with Gasteiger partial charge in [0.1, 0.15) is 10.8 Å². The summed E-state index contributed by atoms with van der Waals surface area (Å²) in [6.45, 7) is 7.13. The number of thiazole rings is 1. The number of nitrogens with zero attached hydrogens (tertiary/aromatic N) is 2. The van der Waals surface area contributed by atoms with Crippen molar-refractivity contribution in [3.8, 4) is 11.3 Å². The first-order valence-electron chi connectivity index (χ1n) is 10.5. The van der Waals surface area contributed by atoms with E-state index >= 15 is 0 Å². The molecule has 3 aromatic rings. The van der Waals surface area contributed by atoms with E-state index in [-0.39, 0.29) is 0 Å². The van der Waals surface area contributed by atoms with E-state index in [2.05, 4.69) is 46.2 Å². The van der Waals surface area contributed by atoms with E-state index in [4.69, 9.17) is 4.98 Å². The maximum atomic E-state index is 4.88. The van der Waals surface area contributed by atoms with Crippen molar-refractivity contribution >= 4 is 34.2 Å². The first-order valence-corrected chi connectivity index (χ1v) is 12.1. The molecule has 0 aliphatic carbocycles. The summed E-state index contributed by atoms with van der Waals surface area (Å²) >= 11 is 3.21. The Morgan fingerprint density at radius 1 is 0.897 bits per heavy atom. The average molecular weight is 427 g/mol. The Hall–Kier alpha value is -2.05. The summed E-state index contributed by atoms with van der Waals surface area (Å²) in [5, 5.41) is 5.31. The Balaban J connectivity index is 0.00000117. The molecule has 0 saturated carbocycles. The molecule has 0 amide bonds. The van der Waals surface area contributed by atoms with E-state index in [9.17, 15) is 0 Å². The second-order valence-corrected chi connectivity index (χ2v) is 8.77. The Kier molecular flexibility index (Phi) is 8.38. The largest absolute Gasteiger partial charge is 0.370 e. The van der Waals surface area contributed by atoms with Crippen LogP contribution in [0.25, 0.3) is 11.3 Å². The van der Waals surface area contributed by atoms with Gasteiger partial charge in [0.15, 0.2) is 5.13 Å². The second-order valence-electron chi connectivity index (χ2n) is 6.74. The molecule has 2 N–H and O–H groups in total. The van der Waals surface area contributed by atoms with Gasteiger partial charge in [0, 0.05) is 28.9 Å². The lowest BCUT2D eigenvalue weighted by Gasteiger charge is -2.09. The van der Waals surface area contributed by atoms with Crippen molar-refractivity contribution in [3.05, 3.63) is 52.9 Å². The third-order valence-electron chi connectivity index (χ3n) is 4.71. The normalized spacial score (nSPS) is 14.3. The number of nitrogens with one attached hydrogen (secondary N) is 2. The minimum absolute atomic E-state index is 0.923. The van der Waals surface area contributed by atoms with Crippen LogP contribution >= 0.6 is 23.3 Å². The fourth-order valence-corrected chi connectivity index (χ4v) is 4.83. The molecule has 0 fully saturated rings. The molecule has 6 heteroatoms. The van der Waals surface area contributed by atoms with Crippen LogP contribution < -0.4 is 10.0 Å². The minimum atomic E-state index is 0.923. The van der Waals surface area contributed by atoms with Crippen LogP contribution in [0.1, 0.15) is 50.0 Å². The molecule has 0 unspecified atom stereocenters. The molecule has 3 heterocycles. The van der Waals surface area contributed by atoms with Gasteiger partial charge >= 0.3 is 0 Å². The van der Waals surface area contributed by atoms with Crippen LogP contribution in [0.4, 0.5) is 10.9 Å². The summed E-state index contributed by atoms with van der Waals surface area (Å²) in [5.74, 6) is 0.939. The van der Waals surface area contributed by atoms with Crippen LogP contribution in [0.3, 0.4) is 0 Å². The highest BCUT2D eigenvalue weighted by Gasteiger charge is 2.14. The molecule has 0 saturated heterocycles. The van der Waals surface area contributed by atoms with Crippen molar-refractivity contribution in [1.29, 1.82) is 0 Å².